The zero-order chi connectivity index (χ0) is 22.6. The SMILES string of the molecule is CC(C)OC(=O)N1CC=C(c2ccc(COc3ccc(S(C)(=O)=O)cc3)nc2)C(C)C1. The molecule has 0 aliphatic carbocycles. The van der Waals surface area contributed by atoms with Gasteiger partial charge in [0.1, 0.15) is 12.4 Å². The lowest BCUT2D eigenvalue weighted by Crippen LogP contribution is -2.39. The third-order valence-electron chi connectivity index (χ3n) is 4.95. The Morgan fingerprint density at radius 3 is 2.45 bits per heavy atom. The lowest BCUT2D eigenvalue weighted by Gasteiger charge is -2.31. The van der Waals surface area contributed by atoms with Gasteiger partial charge < -0.3 is 14.4 Å². The molecule has 0 fully saturated rings. The van der Waals surface area contributed by atoms with Gasteiger partial charge in [-0.25, -0.2) is 13.2 Å². The molecule has 0 bridgehead atoms. The Bertz CT molecular complexity index is 1040. The fraction of sp³-hybridized carbons (Fsp3) is 0.391. The Labute approximate surface area is 183 Å². The number of carbonyl (C=O) groups is 1. The van der Waals surface area contributed by atoms with Crippen LogP contribution in [0.3, 0.4) is 0 Å². The monoisotopic (exact) mass is 444 g/mol. The van der Waals surface area contributed by atoms with E-state index in [9.17, 15) is 13.2 Å². The van der Waals surface area contributed by atoms with Crippen LogP contribution in [0.4, 0.5) is 4.79 Å². The Balaban J connectivity index is 1.60. The lowest BCUT2D eigenvalue weighted by molar-refractivity contribution is 0.0769. The van der Waals surface area contributed by atoms with Gasteiger partial charge in [0.15, 0.2) is 9.84 Å². The topological polar surface area (TPSA) is 85.8 Å². The van der Waals surface area contributed by atoms with E-state index in [0.717, 1.165) is 16.8 Å². The molecule has 0 saturated carbocycles. The predicted octanol–water partition coefficient (Wildman–Crippen LogP) is 3.94. The first-order valence-electron chi connectivity index (χ1n) is 10.2. The van der Waals surface area contributed by atoms with Crippen molar-refractivity contribution in [3.63, 3.8) is 0 Å². The number of ether oxygens (including phenoxy) is 2. The molecule has 1 aliphatic heterocycles. The highest BCUT2D eigenvalue weighted by Gasteiger charge is 2.25. The smallest absolute Gasteiger partial charge is 0.410 e. The molecule has 1 aromatic carbocycles. The van der Waals surface area contributed by atoms with Crippen molar-refractivity contribution in [2.45, 2.75) is 38.4 Å². The molecule has 2 aromatic rings. The van der Waals surface area contributed by atoms with Crippen LogP contribution in [0.2, 0.25) is 0 Å². The maximum Gasteiger partial charge on any atom is 0.410 e. The summed E-state index contributed by atoms with van der Waals surface area (Å²) >= 11 is 0. The molecular weight excluding hydrogens is 416 g/mol. The number of benzene rings is 1. The van der Waals surface area contributed by atoms with Crippen LogP contribution in [0.15, 0.2) is 53.6 Å². The number of rotatable bonds is 6. The van der Waals surface area contributed by atoms with E-state index < -0.39 is 9.84 Å². The van der Waals surface area contributed by atoms with Crippen LogP contribution in [-0.2, 0) is 21.2 Å². The van der Waals surface area contributed by atoms with Gasteiger partial charge in [-0.05, 0) is 61.2 Å². The summed E-state index contributed by atoms with van der Waals surface area (Å²) in [5.74, 6) is 0.751. The summed E-state index contributed by atoms with van der Waals surface area (Å²) in [5.41, 5.74) is 2.94. The summed E-state index contributed by atoms with van der Waals surface area (Å²) < 4.78 is 34.0. The van der Waals surface area contributed by atoms with Gasteiger partial charge in [-0.1, -0.05) is 19.1 Å². The van der Waals surface area contributed by atoms with E-state index >= 15 is 0 Å². The van der Waals surface area contributed by atoms with Gasteiger partial charge in [0.2, 0.25) is 0 Å². The second-order valence-electron chi connectivity index (χ2n) is 7.97. The first kappa shape index (κ1) is 22.8. The minimum Gasteiger partial charge on any atom is -0.487 e. The van der Waals surface area contributed by atoms with Crippen molar-refractivity contribution in [2.24, 2.45) is 5.92 Å². The van der Waals surface area contributed by atoms with Crippen molar-refractivity contribution >= 4 is 21.5 Å². The number of hydrogen-bond donors (Lipinski definition) is 0. The molecule has 0 saturated heterocycles. The van der Waals surface area contributed by atoms with Gasteiger partial charge in [-0.2, -0.15) is 0 Å². The van der Waals surface area contributed by atoms with E-state index in [1.165, 1.54) is 18.4 Å². The van der Waals surface area contributed by atoms with Gasteiger partial charge in [0.05, 0.1) is 16.7 Å². The summed E-state index contributed by atoms with van der Waals surface area (Å²) in [6.45, 7) is 7.16. The zero-order valence-corrected chi connectivity index (χ0v) is 19.1. The molecule has 1 aliphatic rings. The Morgan fingerprint density at radius 1 is 1.19 bits per heavy atom. The van der Waals surface area contributed by atoms with Gasteiger partial charge in [-0.15, -0.1) is 0 Å². The number of aromatic nitrogens is 1. The minimum atomic E-state index is -3.22. The molecule has 7 nitrogen and oxygen atoms in total. The van der Waals surface area contributed by atoms with Crippen LogP contribution < -0.4 is 4.74 Å². The average Bonchev–Trinajstić information content (AvgIpc) is 2.72. The molecule has 1 atom stereocenters. The van der Waals surface area contributed by atoms with Gasteiger partial charge in [-0.3, -0.25) is 4.98 Å². The van der Waals surface area contributed by atoms with E-state index in [2.05, 4.69) is 11.9 Å². The molecule has 2 heterocycles. The zero-order valence-electron chi connectivity index (χ0n) is 18.2. The fourth-order valence-electron chi connectivity index (χ4n) is 3.36. The Morgan fingerprint density at radius 2 is 1.90 bits per heavy atom. The summed E-state index contributed by atoms with van der Waals surface area (Å²) in [5, 5.41) is 0. The van der Waals surface area contributed by atoms with E-state index in [4.69, 9.17) is 9.47 Å². The first-order chi connectivity index (χ1) is 14.6. The van der Waals surface area contributed by atoms with Gasteiger partial charge in [0.25, 0.3) is 0 Å². The molecule has 8 heteroatoms. The maximum absolute atomic E-state index is 12.1. The van der Waals surface area contributed by atoms with Crippen LogP contribution in [0.5, 0.6) is 5.75 Å². The molecule has 1 amide bonds. The largest absolute Gasteiger partial charge is 0.487 e. The quantitative estimate of drug-likeness (QED) is 0.671. The number of sulfone groups is 1. The van der Waals surface area contributed by atoms with Crippen LogP contribution in [0.1, 0.15) is 32.0 Å². The normalized spacial score (nSPS) is 16.7. The van der Waals surface area contributed by atoms with E-state index in [-0.39, 0.29) is 29.6 Å². The van der Waals surface area contributed by atoms with Crippen molar-refractivity contribution in [3.05, 3.63) is 59.9 Å². The second kappa shape index (κ2) is 9.51. The van der Waals surface area contributed by atoms with Gasteiger partial charge >= 0.3 is 6.09 Å². The highest BCUT2D eigenvalue weighted by atomic mass is 32.2. The third kappa shape index (κ3) is 6.07. The first-order valence-corrected chi connectivity index (χ1v) is 12.1. The molecule has 1 aromatic heterocycles. The summed E-state index contributed by atoms with van der Waals surface area (Å²) in [7, 11) is -3.22. The average molecular weight is 445 g/mol. The summed E-state index contributed by atoms with van der Waals surface area (Å²) in [6.07, 6.45) is 4.62. The van der Waals surface area contributed by atoms with Crippen molar-refractivity contribution in [1.82, 2.24) is 9.88 Å². The van der Waals surface area contributed by atoms with Crippen LogP contribution in [0, 0.1) is 5.92 Å². The summed E-state index contributed by atoms with van der Waals surface area (Å²) in [4.78, 5) is 18.6. The third-order valence-corrected chi connectivity index (χ3v) is 6.08. The molecule has 0 radical (unpaired) electrons. The number of nitrogens with zero attached hydrogens (tertiary/aromatic N) is 2. The molecule has 31 heavy (non-hydrogen) atoms. The lowest BCUT2D eigenvalue weighted by atomic mass is 9.91. The van der Waals surface area contributed by atoms with Crippen molar-refractivity contribution in [3.8, 4) is 5.75 Å². The number of amides is 1. The minimum absolute atomic E-state index is 0.134. The molecule has 3 rings (SSSR count). The highest BCUT2D eigenvalue weighted by molar-refractivity contribution is 7.90. The van der Waals surface area contributed by atoms with Gasteiger partial charge in [0, 0.05) is 25.5 Å². The fourth-order valence-corrected chi connectivity index (χ4v) is 3.99. The van der Waals surface area contributed by atoms with Crippen molar-refractivity contribution in [1.29, 1.82) is 0 Å². The number of hydrogen-bond acceptors (Lipinski definition) is 6. The van der Waals surface area contributed by atoms with E-state index in [1.54, 1.807) is 17.0 Å². The number of pyridine rings is 1. The van der Waals surface area contributed by atoms with Crippen LogP contribution >= 0.6 is 0 Å². The maximum atomic E-state index is 12.1. The Hall–Kier alpha value is -2.87. The number of carbonyl (C=O) groups excluding carboxylic acids is 1. The highest BCUT2D eigenvalue weighted by Crippen LogP contribution is 2.28. The van der Waals surface area contributed by atoms with Crippen LogP contribution in [-0.4, -0.2) is 49.8 Å². The van der Waals surface area contributed by atoms with Crippen LogP contribution in [0.25, 0.3) is 5.57 Å². The molecule has 0 N–H and O–H groups in total. The van der Waals surface area contributed by atoms with E-state index in [1.807, 2.05) is 38.3 Å². The standard InChI is InChI=1S/C23H28N2O5S/c1-16(2)30-23(26)25-12-11-22(17(3)14-25)18-5-6-19(24-13-18)15-29-20-7-9-21(10-8-20)31(4,27)28/h5-11,13,16-17H,12,14-15H2,1-4H3. The predicted molar refractivity (Wildman–Crippen MR) is 118 cm³/mol. The molecular formula is C23H28N2O5S. The second-order valence-corrected chi connectivity index (χ2v) is 9.98. The molecule has 0 spiro atoms. The Kier molecular flexibility index (Phi) is 7.00. The van der Waals surface area contributed by atoms with Crippen molar-refractivity contribution < 1.29 is 22.7 Å². The van der Waals surface area contributed by atoms with E-state index in [0.29, 0.717) is 18.8 Å². The molecule has 1 unspecified atom stereocenters. The molecule has 166 valence electrons. The van der Waals surface area contributed by atoms with Crippen molar-refractivity contribution in [2.75, 3.05) is 19.3 Å². The summed E-state index contributed by atoms with van der Waals surface area (Å²) in [6, 6.07) is 10.2.